The highest BCUT2D eigenvalue weighted by molar-refractivity contribution is 6.30. The van der Waals surface area contributed by atoms with Gasteiger partial charge in [-0.3, -0.25) is 10.3 Å². The lowest BCUT2D eigenvalue weighted by atomic mass is 9.82. The minimum absolute atomic E-state index is 0.0904. The Bertz CT molecular complexity index is 2910. The highest BCUT2D eigenvalue weighted by atomic mass is 16.3. The number of hydrogen-bond donors (Lipinski definition) is 1. The molecular weight excluding hydrogens is 621 g/mol. The first-order valence-electron chi connectivity index (χ1n) is 17.7. The van der Waals surface area contributed by atoms with Crippen LogP contribution in [0.3, 0.4) is 0 Å². The average Bonchev–Trinajstić information content (AvgIpc) is 3.60. The number of benzene rings is 8. The average molecular weight is 653 g/mol. The maximum atomic E-state index is 6.97. The van der Waals surface area contributed by atoms with Gasteiger partial charge in [0.2, 0.25) is 0 Å². The van der Waals surface area contributed by atoms with E-state index in [0.717, 1.165) is 22.4 Å². The SMILES string of the molecule is C1=CC2=NC(c3c4ccccc4c(-c4cc5ccccc5c5c4oc4ccc6ccccc6c45)c4ccccc34)NC(c3ccccc3)C2C=C1. The molecule has 0 saturated carbocycles. The van der Waals surface area contributed by atoms with Crippen molar-refractivity contribution in [2.75, 3.05) is 0 Å². The number of rotatable bonds is 3. The Morgan fingerprint density at radius 1 is 0.549 bits per heavy atom. The van der Waals surface area contributed by atoms with Crippen molar-refractivity contribution in [1.82, 2.24) is 5.32 Å². The third kappa shape index (κ3) is 4.25. The first-order valence-corrected chi connectivity index (χ1v) is 17.7. The zero-order valence-electron chi connectivity index (χ0n) is 27.8. The molecule has 1 aliphatic carbocycles. The Morgan fingerprint density at radius 3 is 1.92 bits per heavy atom. The molecule has 0 bridgehead atoms. The van der Waals surface area contributed by atoms with Crippen LogP contribution < -0.4 is 5.32 Å². The van der Waals surface area contributed by atoms with Crippen LogP contribution in [0, 0.1) is 5.92 Å². The van der Waals surface area contributed by atoms with E-state index in [1.165, 1.54) is 70.6 Å². The maximum absolute atomic E-state index is 6.97. The number of hydrogen-bond acceptors (Lipinski definition) is 3. The van der Waals surface area contributed by atoms with Crippen LogP contribution in [0.15, 0.2) is 179 Å². The van der Waals surface area contributed by atoms with E-state index in [-0.39, 0.29) is 18.1 Å². The Balaban J connectivity index is 1.23. The molecule has 0 saturated heterocycles. The summed E-state index contributed by atoms with van der Waals surface area (Å²) in [6.07, 6.45) is 8.48. The normalized spacial score (nSPS) is 18.7. The molecule has 0 amide bonds. The number of allylic oxidation sites excluding steroid dienone is 3. The Labute approximate surface area is 294 Å². The molecule has 1 N–H and O–H groups in total. The van der Waals surface area contributed by atoms with Gasteiger partial charge in [0.25, 0.3) is 0 Å². The van der Waals surface area contributed by atoms with Crippen LogP contribution in [0.1, 0.15) is 23.3 Å². The van der Waals surface area contributed by atoms with Gasteiger partial charge in [-0.25, -0.2) is 0 Å². The van der Waals surface area contributed by atoms with E-state index in [1.54, 1.807) is 0 Å². The molecule has 0 fully saturated rings. The van der Waals surface area contributed by atoms with Crippen LogP contribution in [0.25, 0.3) is 76.2 Å². The fourth-order valence-corrected chi connectivity index (χ4v) is 8.85. The van der Waals surface area contributed by atoms with E-state index in [4.69, 9.17) is 9.41 Å². The number of nitrogens with one attached hydrogen (secondary N) is 1. The van der Waals surface area contributed by atoms with Crippen molar-refractivity contribution in [3.8, 4) is 11.1 Å². The first kappa shape index (κ1) is 28.5. The van der Waals surface area contributed by atoms with Gasteiger partial charge in [0, 0.05) is 45.1 Å². The predicted octanol–water partition coefficient (Wildman–Crippen LogP) is 12.4. The zero-order valence-corrected chi connectivity index (χ0v) is 27.8. The van der Waals surface area contributed by atoms with Crippen molar-refractivity contribution in [2.24, 2.45) is 10.9 Å². The minimum Gasteiger partial charge on any atom is -0.455 e. The summed E-state index contributed by atoms with van der Waals surface area (Å²) in [6.45, 7) is 0. The summed E-state index contributed by atoms with van der Waals surface area (Å²) in [4.78, 5) is 5.45. The van der Waals surface area contributed by atoms with E-state index in [9.17, 15) is 0 Å². The number of nitrogens with zero attached hydrogens (tertiary/aromatic N) is 1. The second kappa shape index (κ2) is 11.1. The summed E-state index contributed by atoms with van der Waals surface area (Å²) >= 11 is 0. The molecule has 11 rings (SSSR count). The van der Waals surface area contributed by atoms with Crippen molar-refractivity contribution >= 4 is 70.7 Å². The molecule has 2 aliphatic rings. The molecule has 0 radical (unpaired) electrons. The topological polar surface area (TPSA) is 37.5 Å². The summed E-state index contributed by atoms with van der Waals surface area (Å²) in [5, 5.41) is 15.9. The zero-order chi connectivity index (χ0) is 33.5. The lowest BCUT2D eigenvalue weighted by molar-refractivity contribution is 0.401. The lowest BCUT2D eigenvalue weighted by Gasteiger charge is -2.36. The van der Waals surface area contributed by atoms with Crippen molar-refractivity contribution < 1.29 is 4.42 Å². The van der Waals surface area contributed by atoms with Gasteiger partial charge in [-0.2, -0.15) is 0 Å². The van der Waals surface area contributed by atoms with Gasteiger partial charge in [0.15, 0.2) is 0 Å². The van der Waals surface area contributed by atoms with E-state index >= 15 is 0 Å². The number of aliphatic imine (C=N–C) groups is 1. The van der Waals surface area contributed by atoms with E-state index < -0.39 is 0 Å². The standard InChI is InChI=1S/C48H32N2O/c1-2-15-30(16-3-1)46-38-24-12-13-25-40(38)49-48(50-46)43-36-22-10-8-20-34(36)42(35-21-9-11-23-37(35)43)39-28-31-17-5-7-19-33(31)45-44-32-18-6-4-14-29(32)26-27-41(44)51-47(39)45/h1-28,38,46,48,50H. The van der Waals surface area contributed by atoms with Crippen molar-refractivity contribution in [3.63, 3.8) is 0 Å². The summed E-state index contributed by atoms with van der Waals surface area (Å²) in [7, 11) is 0. The molecule has 3 nitrogen and oxygen atoms in total. The highest BCUT2D eigenvalue weighted by Crippen LogP contribution is 2.49. The quantitative estimate of drug-likeness (QED) is 0.193. The van der Waals surface area contributed by atoms with Crippen LogP contribution in [0.5, 0.6) is 0 Å². The fourth-order valence-electron chi connectivity index (χ4n) is 8.85. The van der Waals surface area contributed by atoms with Gasteiger partial charge in [-0.1, -0.05) is 152 Å². The van der Waals surface area contributed by atoms with Crippen LogP contribution in [0.2, 0.25) is 0 Å². The van der Waals surface area contributed by atoms with Crippen LogP contribution in [-0.2, 0) is 0 Å². The molecule has 51 heavy (non-hydrogen) atoms. The molecule has 8 aromatic carbocycles. The third-order valence-electron chi connectivity index (χ3n) is 11.0. The Kier molecular flexibility index (Phi) is 6.22. The highest BCUT2D eigenvalue weighted by Gasteiger charge is 2.34. The van der Waals surface area contributed by atoms with Gasteiger partial charge in [0.1, 0.15) is 17.3 Å². The Morgan fingerprint density at radius 2 is 1.18 bits per heavy atom. The molecule has 3 unspecified atom stereocenters. The largest absolute Gasteiger partial charge is 0.455 e. The van der Waals surface area contributed by atoms with Gasteiger partial charge >= 0.3 is 0 Å². The smallest absolute Gasteiger partial charge is 0.143 e. The van der Waals surface area contributed by atoms with Gasteiger partial charge in [-0.05, 0) is 66.9 Å². The van der Waals surface area contributed by atoms with Crippen LogP contribution in [-0.4, -0.2) is 5.71 Å². The van der Waals surface area contributed by atoms with Crippen LogP contribution in [0.4, 0.5) is 0 Å². The molecule has 9 aromatic rings. The van der Waals surface area contributed by atoms with E-state index in [0.29, 0.717) is 0 Å². The number of furan rings is 1. The summed E-state index contributed by atoms with van der Waals surface area (Å²) in [6, 6.07) is 52.6. The second-order valence-corrected chi connectivity index (χ2v) is 13.8. The van der Waals surface area contributed by atoms with E-state index in [2.05, 4.69) is 175 Å². The molecular formula is C48H32N2O. The summed E-state index contributed by atoms with van der Waals surface area (Å²) in [5.41, 5.74) is 7.69. The van der Waals surface area contributed by atoms with Crippen LogP contribution >= 0.6 is 0 Å². The monoisotopic (exact) mass is 652 g/mol. The molecule has 1 aliphatic heterocycles. The van der Waals surface area contributed by atoms with Crippen molar-refractivity contribution in [1.29, 1.82) is 0 Å². The van der Waals surface area contributed by atoms with E-state index in [1.807, 2.05) is 0 Å². The van der Waals surface area contributed by atoms with Gasteiger partial charge in [0.05, 0.1) is 0 Å². The maximum Gasteiger partial charge on any atom is 0.143 e. The third-order valence-corrected chi connectivity index (χ3v) is 11.0. The first-order chi connectivity index (χ1) is 25.3. The lowest BCUT2D eigenvalue weighted by Crippen LogP contribution is -2.39. The Hall–Kier alpha value is -6.29. The summed E-state index contributed by atoms with van der Waals surface area (Å²) in [5.74, 6) is 0.167. The predicted molar refractivity (Wildman–Crippen MR) is 213 cm³/mol. The molecule has 240 valence electrons. The van der Waals surface area contributed by atoms with Gasteiger partial charge < -0.3 is 4.42 Å². The molecule has 0 spiro atoms. The van der Waals surface area contributed by atoms with Crippen molar-refractivity contribution in [3.05, 3.63) is 181 Å². The fraction of sp³-hybridized carbons (Fsp3) is 0.0625. The van der Waals surface area contributed by atoms with Crippen molar-refractivity contribution in [2.45, 2.75) is 12.2 Å². The van der Waals surface area contributed by atoms with Gasteiger partial charge in [-0.15, -0.1) is 0 Å². The molecule has 1 aromatic heterocycles. The number of fused-ring (bicyclic) bond motifs is 10. The second-order valence-electron chi connectivity index (χ2n) is 13.8. The molecule has 3 atom stereocenters. The summed E-state index contributed by atoms with van der Waals surface area (Å²) < 4.78 is 6.97. The molecule has 3 heteroatoms. The minimum atomic E-state index is -0.240. The molecule has 2 heterocycles.